The summed E-state index contributed by atoms with van der Waals surface area (Å²) in [4.78, 5) is 0. The van der Waals surface area contributed by atoms with Gasteiger partial charge >= 0.3 is 0 Å². The molecular weight excluding hydrogens is 252 g/mol. The number of benzene rings is 1. The number of nitrogens with zero attached hydrogens (tertiary/aromatic N) is 1. The van der Waals surface area contributed by atoms with Crippen molar-refractivity contribution < 1.29 is 14.7 Å². The molecule has 3 N–H and O–H groups in total. The van der Waals surface area contributed by atoms with Crippen molar-refractivity contribution in [2.24, 2.45) is 0 Å². The van der Waals surface area contributed by atoms with Crippen LogP contribution in [0.5, 0.6) is 11.5 Å². The average Bonchev–Trinajstić information content (AvgIpc) is 2.82. The number of hydrogen-bond donors (Lipinski definition) is 3. The van der Waals surface area contributed by atoms with Crippen LogP contribution < -0.4 is 5.32 Å². The van der Waals surface area contributed by atoms with E-state index in [1.807, 2.05) is 6.07 Å². The molecule has 110 valence electrons. The molecule has 0 aromatic heterocycles. The summed E-state index contributed by atoms with van der Waals surface area (Å²) in [7, 11) is 4.61. The van der Waals surface area contributed by atoms with Crippen molar-refractivity contribution in [1.29, 1.82) is 0 Å². The van der Waals surface area contributed by atoms with Gasteiger partial charge in [-0.05, 0) is 30.0 Å². The number of phenolic OH excluding ortho intramolecular Hbond substituents is 2. The Bertz CT molecular complexity index is 503. The number of hydrogen-bond acceptors (Lipinski definition) is 3. The molecule has 0 radical (unpaired) electrons. The summed E-state index contributed by atoms with van der Waals surface area (Å²) in [6.45, 7) is 3.42. The van der Waals surface area contributed by atoms with E-state index in [0.29, 0.717) is 5.92 Å². The van der Waals surface area contributed by atoms with E-state index in [1.54, 1.807) is 12.1 Å². The first kappa shape index (κ1) is 13.7. The van der Waals surface area contributed by atoms with Crippen molar-refractivity contribution in [3.63, 3.8) is 0 Å². The lowest BCUT2D eigenvalue weighted by atomic mass is 9.81. The van der Waals surface area contributed by atoms with Gasteiger partial charge in [-0.25, -0.2) is 0 Å². The normalized spacial score (nSPS) is 27.8. The molecule has 2 heterocycles. The fourth-order valence-electron chi connectivity index (χ4n) is 3.64. The van der Waals surface area contributed by atoms with Gasteiger partial charge in [0.15, 0.2) is 11.5 Å². The fourth-order valence-corrected chi connectivity index (χ4v) is 3.64. The number of nitrogens with one attached hydrogen (secondary N) is 1. The van der Waals surface area contributed by atoms with Crippen LogP contribution in [0, 0.1) is 0 Å². The van der Waals surface area contributed by atoms with E-state index in [0.717, 1.165) is 23.0 Å². The summed E-state index contributed by atoms with van der Waals surface area (Å²) in [6, 6.07) is 5.24. The summed E-state index contributed by atoms with van der Waals surface area (Å²) in [6.07, 6.45) is 3.58. The van der Waals surface area contributed by atoms with Crippen LogP contribution in [-0.4, -0.2) is 54.0 Å². The highest BCUT2D eigenvalue weighted by atomic mass is 16.3. The van der Waals surface area contributed by atoms with Gasteiger partial charge < -0.3 is 20.0 Å². The van der Waals surface area contributed by atoms with Gasteiger partial charge in [0, 0.05) is 24.9 Å². The zero-order valence-electron chi connectivity index (χ0n) is 12.4. The van der Waals surface area contributed by atoms with Crippen LogP contribution in [0.1, 0.15) is 30.7 Å². The number of phenols is 2. The van der Waals surface area contributed by atoms with Crippen molar-refractivity contribution in [3.8, 4) is 11.5 Å². The third kappa shape index (κ3) is 2.50. The Morgan fingerprint density at radius 1 is 1.15 bits per heavy atom. The Morgan fingerprint density at radius 2 is 1.85 bits per heavy atom. The van der Waals surface area contributed by atoms with Gasteiger partial charge in [-0.2, -0.15) is 0 Å². The lowest BCUT2D eigenvalue weighted by Gasteiger charge is -2.43. The maximum Gasteiger partial charge on any atom is 0.157 e. The van der Waals surface area contributed by atoms with Gasteiger partial charge in [-0.1, -0.05) is 6.07 Å². The van der Waals surface area contributed by atoms with Crippen molar-refractivity contribution in [2.45, 2.75) is 30.7 Å². The zero-order chi connectivity index (χ0) is 14.4. The van der Waals surface area contributed by atoms with Gasteiger partial charge in [0.2, 0.25) is 0 Å². The van der Waals surface area contributed by atoms with E-state index in [4.69, 9.17) is 0 Å². The predicted octanol–water partition coefficient (Wildman–Crippen LogP) is 1.78. The molecule has 0 bridgehead atoms. The summed E-state index contributed by atoms with van der Waals surface area (Å²) >= 11 is 0. The monoisotopic (exact) mass is 277 g/mol. The summed E-state index contributed by atoms with van der Waals surface area (Å²) in [5, 5.41) is 22.8. The average molecular weight is 277 g/mol. The second-order valence-electron chi connectivity index (χ2n) is 7.19. The number of aromatic hydroxyl groups is 2. The predicted molar refractivity (Wildman–Crippen MR) is 78.9 cm³/mol. The molecule has 2 saturated heterocycles. The minimum atomic E-state index is -0.0360. The molecule has 1 aromatic rings. The standard InChI is InChI=1S/C16H24N2O2/c1-18(2)7-5-16(6-8-18)10-13(11-17-16)12-3-4-14(19)15(20)9-12/h3-4,9,13,17H,5-8,10-11H2,1-2H3,(H-,19,20)/p+1. The summed E-state index contributed by atoms with van der Waals surface area (Å²) < 4.78 is 1.12. The van der Waals surface area contributed by atoms with Crippen LogP contribution in [0.25, 0.3) is 0 Å². The lowest BCUT2D eigenvalue weighted by Crippen LogP contribution is -2.55. The molecule has 1 aromatic carbocycles. The second-order valence-corrected chi connectivity index (χ2v) is 7.19. The Kier molecular flexibility index (Phi) is 3.18. The molecule has 1 atom stereocenters. The van der Waals surface area contributed by atoms with Crippen molar-refractivity contribution in [3.05, 3.63) is 23.8 Å². The minimum Gasteiger partial charge on any atom is -0.504 e. The third-order valence-corrected chi connectivity index (χ3v) is 5.22. The third-order valence-electron chi connectivity index (χ3n) is 5.22. The first-order valence-corrected chi connectivity index (χ1v) is 7.48. The van der Waals surface area contributed by atoms with E-state index in [2.05, 4.69) is 19.4 Å². The smallest absolute Gasteiger partial charge is 0.157 e. The molecule has 3 rings (SSSR count). The Labute approximate surface area is 120 Å². The largest absolute Gasteiger partial charge is 0.504 e. The van der Waals surface area contributed by atoms with Crippen LogP contribution in [0.3, 0.4) is 0 Å². The molecule has 2 aliphatic rings. The quantitative estimate of drug-likeness (QED) is 0.542. The van der Waals surface area contributed by atoms with E-state index >= 15 is 0 Å². The van der Waals surface area contributed by atoms with Gasteiger partial charge in [-0.3, -0.25) is 0 Å². The number of piperidine rings is 1. The van der Waals surface area contributed by atoms with Crippen LogP contribution in [0.2, 0.25) is 0 Å². The fraction of sp³-hybridized carbons (Fsp3) is 0.625. The van der Waals surface area contributed by atoms with E-state index in [-0.39, 0.29) is 17.0 Å². The van der Waals surface area contributed by atoms with Gasteiger partial charge in [0.25, 0.3) is 0 Å². The highest BCUT2D eigenvalue weighted by molar-refractivity contribution is 5.42. The van der Waals surface area contributed by atoms with Gasteiger partial charge in [0.05, 0.1) is 27.2 Å². The van der Waals surface area contributed by atoms with Gasteiger partial charge in [0.1, 0.15) is 0 Å². The first-order chi connectivity index (χ1) is 9.39. The first-order valence-electron chi connectivity index (χ1n) is 7.48. The maximum absolute atomic E-state index is 9.66. The van der Waals surface area contributed by atoms with Gasteiger partial charge in [-0.15, -0.1) is 0 Å². The summed E-state index contributed by atoms with van der Waals surface area (Å²) in [5.74, 6) is 0.395. The topological polar surface area (TPSA) is 52.5 Å². The van der Waals surface area contributed by atoms with Crippen LogP contribution >= 0.6 is 0 Å². The highest BCUT2D eigenvalue weighted by Gasteiger charge is 2.44. The Hall–Kier alpha value is -1.26. The van der Waals surface area contributed by atoms with E-state index in [9.17, 15) is 10.2 Å². The second kappa shape index (κ2) is 4.64. The molecule has 4 heteroatoms. The number of likely N-dealkylation sites (tertiary alicyclic amines) is 1. The molecule has 0 amide bonds. The van der Waals surface area contributed by atoms with E-state index < -0.39 is 0 Å². The SMILES string of the molecule is C[N+]1(C)CCC2(CC1)CC(c1ccc(O)c(O)c1)CN2. The molecule has 1 unspecified atom stereocenters. The van der Waals surface area contributed by atoms with E-state index in [1.165, 1.54) is 25.9 Å². The molecule has 20 heavy (non-hydrogen) atoms. The molecule has 2 aliphatic heterocycles. The van der Waals surface area contributed by atoms with Crippen molar-refractivity contribution in [2.75, 3.05) is 33.7 Å². The van der Waals surface area contributed by atoms with Crippen molar-refractivity contribution >= 4 is 0 Å². The Morgan fingerprint density at radius 3 is 2.50 bits per heavy atom. The molecule has 2 fully saturated rings. The minimum absolute atomic E-state index is 0.00936. The van der Waals surface area contributed by atoms with Crippen LogP contribution in [0.4, 0.5) is 0 Å². The van der Waals surface area contributed by atoms with Crippen LogP contribution in [0.15, 0.2) is 18.2 Å². The molecule has 1 spiro atoms. The summed E-state index contributed by atoms with van der Waals surface area (Å²) in [5.41, 5.74) is 1.41. The van der Waals surface area contributed by atoms with Crippen molar-refractivity contribution in [1.82, 2.24) is 5.32 Å². The zero-order valence-corrected chi connectivity index (χ0v) is 12.4. The number of rotatable bonds is 1. The molecule has 0 aliphatic carbocycles. The lowest BCUT2D eigenvalue weighted by molar-refractivity contribution is -0.896. The Balaban J connectivity index is 1.72. The molecular formula is C16H25N2O2+. The molecule has 0 saturated carbocycles. The maximum atomic E-state index is 9.66. The highest BCUT2D eigenvalue weighted by Crippen LogP contribution is 2.40. The number of quaternary nitrogens is 1. The van der Waals surface area contributed by atoms with Crippen LogP contribution in [-0.2, 0) is 0 Å². The molecule has 4 nitrogen and oxygen atoms in total.